The molecule has 590 valence electrons. The van der Waals surface area contributed by atoms with E-state index in [-0.39, 0.29) is 18.1 Å². The third kappa shape index (κ3) is 30.9. The van der Waals surface area contributed by atoms with Crippen LogP contribution in [0.15, 0.2) is 48.5 Å². The van der Waals surface area contributed by atoms with Crippen LogP contribution in [-0.4, -0.2) is 329 Å². The lowest BCUT2D eigenvalue weighted by Crippen LogP contribution is -2.59. The highest BCUT2D eigenvalue weighted by Crippen LogP contribution is 2.45. The van der Waals surface area contributed by atoms with Crippen LogP contribution in [0, 0.1) is 0 Å². The van der Waals surface area contributed by atoms with Gasteiger partial charge in [-0.2, -0.15) is 24.4 Å². The van der Waals surface area contributed by atoms with E-state index in [0.717, 1.165) is 22.3 Å². The molecule has 2 aromatic rings. The number of thiol groups is 1. The maximum Gasteiger partial charge on any atom is 0.327 e. The van der Waals surface area contributed by atoms with Crippen molar-refractivity contribution in [2.75, 3.05) is 56.7 Å². The van der Waals surface area contributed by atoms with Crippen LogP contribution in [0.1, 0.15) is 94.1 Å². The number of aliphatic hydroxyl groups is 15. The van der Waals surface area contributed by atoms with Crippen molar-refractivity contribution >= 4 is 95.5 Å². The standard InChI is InChI=1S/C64H97N9O30S2/c74-25-44(80)56(94)53(91)41(77)22-65-47(83)11-5-10-35(59(97)71-39(15-19-52(89)90)62(100)70-37(63(101)73-40(28-104)64(102)103)13-17-49(85)67-24-43(79)55(93)58(96)46(82)27-76)69-61(99)38(14-18-51(87)88)72-60(98)36(12-16-48(84)66-23-42(78)54(92)57(95)45(81)26-75)68-50(86)20-21-105-29-34-32-8-3-1-6-30(32)31-7-2-4-9-33(31)34/h1-4,6-9,34-46,53-58,74-82,91-96,104H,5,10-29H2,(H,65,83)(H,66,84)(H,67,85)(H,68,86)(H,69,99)(H,70,100)(H,71,97)(H,72,98)(H,73,101)(H,87,88)(H,89,90)(H,102,103)/t35-,36-,37-,38-,39-,40-,41-,42-,43-,44+,45+,46+,53+,54+,55+,56+,57+,58+/m0/s1. The number of carboxylic acid groups (broad SMARTS) is 3. The molecule has 105 heavy (non-hydrogen) atoms. The van der Waals surface area contributed by atoms with Crippen LogP contribution in [0.25, 0.3) is 11.1 Å². The fraction of sp³-hybridized carbons (Fsp3) is 0.625. The van der Waals surface area contributed by atoms with E-state index in [0.29, 0.717) is 5.75 Å². The Balaban J connectivity index is 2.03. The van der Waals surface area contributed by atoms with Crippen LogP contribution in [0.3, 0.4) is 0 Å². The Morgan fingerprint density at radius 1 is 0.371 bits per heavy atom. The molecule has 39 nitrogen and oxygen atoms in total. The Labute approximate surface area is 610 Å². The molecule has 3 rings (SSSR count). The van der Waals surface area contributed by atoms with Crippen molar-refractivity contribution in [3.8, 4) is 11.1 Å². The first-order valence-electron chi connectivity index (χ1n) is 33.2. The van der Waals surface area contributed by atoms with Gasteiger partial charge in [-0.25, -0.2) is 4.79 Å². The van der Waals surface area contributed by atoms with Gasteiger partial charge >= 0.3 is 17.9 Å². The van der Waals surface area contributed by atoms with E-state index in [4.69, 9.17) is 15.3 Å². The number of benzene rings is 2. The van der Waals surface area contributed by atoms with E-state index < -0.39 is 296 Å². The summed E-state index contributed by atoms with van der Waals surface area (Å²) in [6.07, 6.45) is -32.5. The van der Waals surface area contributed by atoms with E-state index in [9.17, 15) is 134 Å². The van der Waals surface area contributed by atoms with Crippen LogP contribution in [-0.2, 0) is 57.5 Å². The van der Waals surface area contributed by atoms with Gasteiger partial charge in [-0.3, -0.25) is 52.7 Å². The van der Waals surface area contributed by atoms with Crippen LogP contribution in [0.2, 0.25) is 0 Å². The SMILES string of the molecule is O=C(O)CC[C@H](NC(=O)[C@H](CCC(=O)NC[C@H](O)[C@@H](O)[C@H](O)[C@H](O)CO)NC(=O)CCSCC1c2ccccc2-c2ccccc21)C(=O)N[C@@H](CCCC(=O)NC[C@H](O)[C@@H](O)[C@H](O)[C@H](O)CO)C(=O)N[C@@H](CCC(=O)O)C(=O)N[C@@H](CCC(=O)NC[C@H](O)[C@@H](O)[C@H](O)[C@H](O)CO)C(=O)N[C@@H](CS)C(=O)O. The fourth-order valence-corrected chi connectivity index (χ4v) is 11.8. The number of carbonyl (C=O) groups is 12. The minimum Gasteiger partial charge on any atom is -0.481 e. The number of aliphatic hydroxyl groups excluding tert-OH is 15. The topological polar surface area (TPSA) is 677 Å². The zero-order valence-corrected chi connectivity index (χ0v) is 58.5. The second-order valence-electron chi connectivity index (χ2n) is 24.6. The largest absolute Gasteiger partial charge is 0.481 e. The molecular formula is C64H97N9O30S2. The van der Waals surface area contributed by atoms with Gasteiger partial charge in [-0.05, 0) is 60.8 Å². The van der Waals surface area contributed by atoms with Crippen LogP contribution in [0.5, 0.6) is 0 Å². The molecule has 0 aromatic heterocycles. The summed E-state index contributed by atoms with van der Waals surface area (Å²) >= 11 is 5.29. The van der Waals surface area contributed by atoms with Gasteiger partial charge in [-0.1, -0.05) is 48.5 Å². The van der Waals surface area contributed by atoms with Crippen LogP contribution in [0.4, 0.5) is 0 Å². The molecule has 0 aliphatic heterocycles. The smallest absolute Gasteiger partial charge is 0.327 e. The van der Waals surface area contributed by atoms with Crippen molar-refractivity contribution < 1.29 is 149 Å². The maximum absolute atomic E-state index is 14.6. The number of hydrogen-bond donors (Lipinski definition) is 28. The zero-order chi connectivity index (χ0) is 78.8. The second kappa shape index (κ2) is 47.0. The van der Waals surface area contributed by atoms with Crippen molar-refractivity contribution in [1.29, 1.82) is 0 Å². The van der Waals surface area contributed by atoms with Gasteiger partial charge in [0.05, 0.1) is 38.1 Å². The van der Waals surface area contributed by atoms with Gasteiger partial charge in [-0.15, -0.1) is 0 Å². The lowest BCUT2D eigenvalue weighted by Gasteiger charge is -2.27. The monoisotopic (exact) mass is 1540 g/mol. The minimum absolute atomic E-state index is 0.0553. The summed E-state index contributed by atoms with van der Waals surface area (Å²) in [5, 5.41) is 198. The number of aliphatic carboxylic acids is 3. The third-order valence-electron chi connectivity index (χ3n) is 16.7. The lowest BCUT2D eigenvalue weighted by atomic mass is 9.99. The molecule has 0 saturated carbocycles. The van der Waals surface area contributed by atoms with Crippen LogP contribution < -0.4 is 47.9 Å². The van der Waals surface area contributed by atoms with Crippen molar-refractivity contribution in [3.05, 3.63) is 59.7 Å². The third-order valence-corrected chi connectivity index (χ3v) is 18.1. The van der Waals surface area contributed by atoms with Gasteiger partial charge in [0.25, 0.3) is 0 Å². The predicted molar refractivity (Wildman–Crippen MR) is 367 cm³/mol. The highest BCUT2D eigenvalue weighted by molar-refractivity contribution is 7.99. The molecule has 0 radical (unpaired) electrons. The van der Waals surface area contributed by atoms with E-state index in [1.165, 1.54) is 11.8 Å². The number of fused-ring (bicyclic) bond motifs is 3. The zero-order valence-electron chi connectivity index (χ0n) is 56.7. The molecule has 1 aliphatic carbocycles. The highest BCUT2D eigenvalue weighted by Gasteiger charge is 2.38. The average Bonchev–Trinajstić information content (AvgIpc) is 1.62. The van der Waals surface area contributed by atoms with Gasteiger partial charge in [0.15, 0.2) is 0 Å². The van der Waals surface area contributed by atoms with E-state index in [2.05, 4.69) is 60.5 Å². The highest BCUT2D eigenvalue weighted by atomic mass is 32.2. The summed E-state index contributed by atoms with van der Waals surface area (Å²) in [4.78, 5) is 161. The molecule has 0 spiro atoms. The molecule has 18 atom stereocenters. The Hall–Kier alpha value is -7.82. The summed E-state index contributed by atoms with van der Waals surface area (Å²) < 4.78 is 0. The van der Waals surface area contributed by atoms with Gasteiger partial charge < -0.3 is 140 Å². The van der Waals surface area contributed by atoms with Crippen molar-refractivity contribution in [1.82, 2.24) is 47.9 Å². The number of carboxylic acids is 3. The second-order valence-corrected chi connectivity index (χ2v) is 26.2. The quantitative estimate of drug-likeness (QED) is 0.0216. The van der Waals surface area contributed by atoms with Crippen molar-refractivity contribution in [2.24, 2.45) is 0 Å². The average molecular weight is 1540 g/mol. The van der Waals surface area contributed by atoms with E-state index in [1.54, 1.807) is 0 Å². The molecule has 41 heteroatoms. The number of carbonyl (C=O) groups excluding carboxylic acids is 9. The Morgan fingerprint density at radius 2 is 0.676 bits per heavy atom. The molecule has 2 aromatic carbocycles. The van der Waals surface area contributed by atoms with E-state index in [1.807, 2.05) is 48.5 Å². The number of rotatable bonds is 52. The summed E-state index contributed by atoms with van der Waals surface area (Å²) in [6.45, 7) is -5.48. The Kier molecular flexibility index (Phi) is 40.9. The summed E-state index contributed by atoms with van der Waals surface area (Å²) in [5.74, 6) is -15.1. The Morgan fingerprint density at radius 3 is 1.01 bits per heavy atom. The molecule has 9 amide bonds. The van der Waals surface area contributed by atoms with Gasteiger partial charge in [0.2, 0.25) is 53.2 Å². The van der Waals surface area contributed by atoms with E-state index >= 15 is 0 Å². The number of nitrogens with one attached hydrogen (secondary N) is 9. The van der Waals surface area contributed by atoms with Crippen molar-refractivity contribution in [3.63, 3.8) is 0 Å². The van der Waals surface area contributed by atoms with Gasteiger partial charge in [0.1, 0.15) is 91.2 Å². The summed E-state index contributed by atoms with van der Waals surface area (Å²) in [7, 11) is 0. The Bertz CT molecular complexity index is 3140. The van der Waals surface area contributed by atoms with Crippen molar-refractivity contribution in [2.45, 2.75) is 192 Å². The van der Waals surface area contributed by atoms with Crippen LogP contribution >= 0.6 is 24.4 Å². The molecule has 27 N–H and O–H groups in total. The first-order chi connectivity index (χ1) is 49.6. The first-order valence-corrected chi connectivity index (χ1v) is 35.0. The maximum atomic E-state index is 14.6. The molecule has 0 unspecified atom stereocenters. The van der Waals surface area contributed by atoms with Gasteiger partial charge in [0, 0.05) is 81.3 Å². The molecule has 0 heterocycles. The molecule has 0 fully saturated rings. The number of hydrogen-bond acceptors (Lipinski definition) is 29. The molecular weight excluding hydrogens is 1440 g/mol. The lowest BCUT2D eigenvalue weighted by molar-refractivity contribution is -0.142. The predicted octanol–water partition coefficient (Wildman–Crippen LogP) is -10.0. The molecule has 0 bridgehead atoms. The number of amides is 9. The molecule has 1 aliphatic rings. The first kappa shape index (κ1) is 91.4. The fourth-order valence-electron chi connectivity index (χ4n) is 10.5. The molecule has 0 saturated heterocycles. The summed E-state index contributed by atoms with van der Waals surface area (Å²) in [6, 6.07) is 4.02. The normalized spacial score (nSPS) is 17.1. The summed E-state index contributed by atoms with van der Waals surface area (Å²) in [5.41, 5.74) is 4.21. The minimum atomic E-state index is -2.13. The number of thioether (sulfide) groups is 1.